The van der Waals surface area contributed by atoms with E-state index in [1.165, 1.54) is 0 Å². The molecule has 0 aliphatic rings. The van der Waals surface area contributed by atoms with Crippen molar-refractivity contribution in [1.29, 1.82) is 0 Å². The first-order valence-corrected chi connectivity index (χ1v) is 7.05. The Morgan fingerprint density at radius 2 is 1.95 bits per heavy atom. The van der Waals surface area contributed by atoms with E-state index in [0.717, 1.165) is 0 Å². The number of aliphatic imine (C=N–C) groups is 1. The lowest BCUT2D eigenvalue weighted by Gasteiger charge is -2.15. The van der Waals surface area contributed by atoms with E-state index in [1.807, 2.05) is 0 Å². The summed E-state index contributed by atoms with van der Waals surface area (Å²) >= 11 is 0. The maximum Gasteiger partial charge on any atom is 0.326 e. The molecule has 22 heavy (non-hydrogen) atoms. The molecule has 7 heteroatoms. The number of hydrogen-bond donors (Lipinski definition) is 4. The molecule has 0 saturated heterocycles. The van der Waals surface area contributed by atoms with Crippen molar-refractivity contribution in [2.24, 2.45) is 4.99 Å². The van der Waals surface area contributed by atoms with Gasteiger partial charge >= 0.3 is 5.97 Å². The molecule has 0 fully saturated rings. The highest BCUT2D eigenvalue weighted by Gasteiger charge is 2.20. The molecule has 120 valence electrons. The number of rotatable bonds is 7. The highest BCUT2D eigenvalue weighted by atomic mass is 16.4. The molecule has 0 heterocycles. The standard InChI is InChI=1S/C15H22N4O3/c1-16-15(17-2)18-10-6-9-12(14(21)22)19-13(20)11-7-4-3-5-8-11/h3-5,7-8,12H,6,9-10H2,1-2H3,(H,19,20)(H,21,22)(H2,16,17,18). The predicted octanol–water partition coefficient (Wildman–Crippen LogP) is 0.445. The van der Waals surface area contributed by atoms with Crippen LogP contribution in [0.15, 0.2) is 35.3 Å². The number of benzene rings is 1. The minimum atomic E-state index is -1.04. The maximum absolute atomic E-state index is 12.0. The number of guanidine groups is 1. The number of hydrogen-bond acceptors (Lipinski definition) is 3. The number of nitrogens with one attached hydrogen (secondary N) is 3. The van der Waals surface area contributed by atoms with Crippen LogP contribution in [0.3, 0.4) is 0 Å². The first kappa shape index (κ1) is 17.5. The third kappa shape index (κ3) is 5.82. The fourth-order valence-electron chi connectivity index (χ4n) is 1.88. The van der Waals surface area contributed by atoms with Crippen LogP contribution in [0.4, 0.5) is 0 Å². The third-order valence-corrected chi connectivity index (χ3v) is 3.06. The SMILES string of the molecule is CN=C(NC)NCCCC(NC(=O)c1ccccc1)C(=O)O. The van der Waals surface area contributed by atoms with Crippen LogP contribution >= 0.6 is 0 Å². The van der Waals surface area contributed by atoms with Gasteiger partial charge in [-0.2, -0.15) is 0 Å². The summed E-state index contributed by atoms with van der Waals surface area (Å²) in [6.07, 6.45) is 0.925. The number of amides is 1. The van der Waals surface area contributed by atoms with E-state index in [4.69, 9.17) is 0 Å². The normalized spacial score (nSPS) is 12.4. The minimum absolute atomic E-state index is 0.335. The Morgan fingerprint density at radius 3 is 2.50 bits per heavy atom. The molecule has 7 nitrogen and oxygen atoms in total. The second-order valence-electron chi connectivity index (χ2n) is 4.62. The Kier molecular flexibility index (Phi) is 7.45. The molecular formula is C15H22N4O3. The van der Waals surface area contributed by atoms with Crippen LogP contribution in [0.2, 0.25) is 0 Å². The van der Waals surface area contributed by atoms with Crippen LogP contribution in [0.5, 0.6) is 0 Å². The molecule has 0 aromatic heterocycles. The van der Waals surface area contributed by atoms with E-state index in [9.17, 15) is 14.7 Å². The number of nitrogens with zero attached hydrogens (tertiary/aromatic N) is 1. The lowest BCUT2D eigenvalue weighted by molar-refractivity contribution is -0.139. The lowest BCUT2D eigenvalue weighted by atomic mass is 10.1. The average molecular weight is 306 g/mol. The van der Waals surface area contributed by atoms with Crippen molar-refractivity contribution in [3.8, 4) is 0 Å². The Bertz CT molecular complexity index is 517. The van der Waals surface area contributed by atoms with Gasteiger partial charge in [0, 0.05) is 26.2 Å². The van der Waals surface area contributed by atoms with Crippen molar-refractivity contribution in [2.45, 2.75) is 18.9 Å². The van der Waals surface area contributed by atoms with Gasteiger partial charge < -0.3 is 21.1 Å². The van der Waals surface area contributed by atoms with Crippen molar-refractivity contribution < 1.29 is 14.7 Å². The zero-order chi connectivity index (χ0) is 16.4. The van der Waals surface area contributed by atoms with E-state index in [-0.39, 0.29) is 5.91 Å². The monoisotopic (exact) mass is 306 g/mol. The fourth-order valence-corrected chi connectivity index (χ4v) is 1.88. The molecular weight excluding hydrogens is 284 g/mol. The van der Waals surface area contributed by atoms with Crippen molar-refractivity contribution in [3.63, 3.8) is 0 Å². The van der Waals surface area contributed by atoms with E-state index in [1.54, 1.807) is 44.4 Å². The molecule has 0 aliphatic heterocycles. The van der Waals surface area contributed by atoms with Gasteiger partial charge in [-0.1, -0.05) is 18.2 Å². The van der Waals surface area contributed by atoms with Crippen molar-refractivity contribution in [3.05, 3.63) is 35.9 Å². The van der Waals surface area contributed by atoms with Gasteiger partial charge in [-0.3, -0.25) is 9.79 Å². The minimum Gasteiger partial charge on any atom is -0.480 e. The molecule has 1 atom stereocenters. The summed E-state index contributed by atoms with van der Waals surface area (Å²) in [5.41, 5.74) is 0.447. The summed E-state index contributed by atoms with van der Waals surface area (Å²) in [6.45, 7) is 0.568. The quantitative estimate of drug-likeness (QED) is 0.333. The average Bonchev–Trinajstić information content (AvgIpc) is 2.54. The van der Waals surface area contributed by atoms with Gasteiger partial charge in [-0.15, -0.1) is 0 Å². The zero-order valence-corrected chi connectivity index (χ0v) is 12.8. The Balaban J connectivity index is 2.46. The summed E-state index contributed by atoms with van der Waals surface area (Å²) in [6, 6.07) is 7.65. The number of carboxylic acids is 1. The summed E-state index contributed by atoms with van der Waals surface area (Å²) in [7, 11) is 3.40. The van der Waals surface area contributed by atoms with E-state index < -0.39 is 12.0 Å². The molecule has 1 rings (SSSR count). The van der Waals surface area contributed by atoms with Crippen molar-refractivity contribution in [2.75, 3.05) is 20.6 Å². The second-order valence-corrected chi connectivity index (χ2v) is 4.62. The number of carbonyl (C=O) groups excluding carboxylic acids is 1. The highest BCUT2D eigenvalue weighted by Crippen LogP contribution is 2.02. The number of carbonyl (C=O) groups is 2. The summed E-state index contributed by atoms with van der Waals surface area (Å²) in [5.74, 6) is -0.783. The van der Waals surface area contributed by atoms with Gasteiger partial charge in [0.25, 0.3) is 5.91 Å². The van der Waals surface area contributed by atoms with Crippen LogP contribution in [0.1, 0.15) is 23.2 Å². The maximum atomic E-state index is 12.0. The first-order chi connectivity index (χ1) is 10.6. The molecule has 0 saturated carbocycles. The third-order valence-electron chi connectivity index (χ3n) is 3.06. The van der Waals surface area contributed by atoms with Gasteiger partial charge in [-0.05, 0) is 25.0 Å². The van der Waals surface area contributed by atoms with Crippen LogP contribution in [-0.2, 0) is 4.79 Å². The van der Waals surface area contributed by atoms with Gasteiger partial charge in [-0.25, -0.2) is 4.79 Å². The van der Waals surface area contributed by atoms with Crippen molar-refractivity contribution in [1.82, 2.24) is 16.0 Å². The van der Waals surface area contributed by atoms with Gasteiger partial charge in [0.15, 0.2) is 5.96 Å². The molecule has 4 N–H and O–H groups in total. The van der Waals surface area contributed by atoms with Crippen LogP contribution in [0.25, 0.3) is 0 Å². The Morgan fingerprint density at radius 1 is 1.27 bits per heavy atom. The van der Waals surface area contributed by atoms with Crippen molar-refractivity contribution >= 4 is 17.8 Å². The predicted molar refractivity (Wildman–Crippen MR) is 85.0 cm³/mol. The summed E-state index contributed by atoms with van der Waals surface area (Å²) < 4.78 is 0. The largest absolute Gasteiger partial charge is 0.480 e. The van der Waals surface area contributed by atoms with Crippen LogP contribution in [0, 0.1) is 0 Å². The summed E-state index contributed by atoms with van der Waals surface area (Å²) in [5, 5.41) is 17.6. The van der Waals surface area contributed by atoms with E-state index >= 15 is 0 Å². The molecule has 1 aromatic carbocycles. The molecule has 0 aliphatic carbocycles. The molecule has 0 spiro atoms. The van der Waals surface area contributed by atoms with Gasteiger partial charge in [0.1, 0.15) is 6.04 Å². The molecule has 1 unspecified atom stereocenters. The smallest absolute Gasteiger partial charge is 0.326 e. The zero-order valence-electron chi connectivity index (χ0n) is 12.8. The molecule has 0 bridgehead atoms. The van der Waals surface area contributed by atoms with Crippen LogP contribution in [-0.4, -0.2) is 49.6 Å². The topological polar surface area (TPSA) is 103 Å². The molecule has 1 aromatic rings. The van der Waals surface area contributed by atoms with Gasteiger partial charge in [0.2, 0.25) is 0 Å². The lowest BCUT2D eigenvalue weighted by Crippen LogP contribution is -2.41. The number of aliphatic carboxylic acids is 1. The van der Waals surface area contributed by atoms with E-state index in [0.29, 0.717) is 30.9 Å². The molecule has 0 radical (unpaired) electrons. The first-order valence-electron chi connectivity index (χ1n) is 7.05. The fraction of sp³-hybridized carbons (Fsp3) is 0.400. The summed E-state index contributed by atoms with van der Waals surface area (Å²) in [4.78, 5) is 27.2. The highest BCUT2D eigenvalue weighted by molar-refractivity contribution is 5.96. The van der Waals surface area contributed by atoms with Gasteiger partial charge in [0.05, 0.1) is 0 Å². The van der Waals surface area contributed by atoms with Crippen LogP contribution < -0.4 is 16.0 Å². The Labute approximate surface area is 129 Å². The number of carboxylic acid groups (broad SMARTS) is 1. The molecule has 1 amide bonds. The van der Waals surface area contributed by atoms with E-state index in [2.05, 4.69) is 20.9 Å². The second kappa shape index (κ2) is 9.38. The Hall–Kier alpha value is -2.57.